The molecule has 0 aliphatic carbocycles. The van der Waals surface area contributed by atoms with Crippen molar-refractivity contribution in [1.29, 1.82) is 0 Å². The van der Waals surface area contributed by atoms with Gasteiger partial charge in [-0.25, -0.2) is 15.0 Å². The van der Waals surface area contributed by atoms with Crippen LogP contribution in [0.25, 0.3) is 10.9 Å². The topological polar surface area (TPSA) is 76.7 Å². The number of benzene rings is 1. The van der Waals surface area contributed by atoms with Crippen LogP contribution in [-0.2, 0) is 6.18 Å². The molecule has 0 aliphatic heterocycles. The molecule has 2 aromatic heterocycles. The van der Waals surface area contributed by atoms with Gasteiger partial charge in [0.15, 0.2) is 0 Å². The zero-order chi connectivity index (χ0) is 17.7. The number of nitrogens with two attached hydrogens (primary N) is 1. The summed E-state index contributed by atoms with van der Waals surface area (Å²) >= 11 is 0. The fourth-order valence-electron chi connectivity index (χ4n) is 1.98. The molecule has 0 unspecified atom stereocenters. The van der Waals surface area contributed by atoms with Crippen LogP contribution in [0, 0.1) is 0 Å². The van der Waals surface area contributed by atoms with Crippen molar-refractivity contribution in [2.75, 3.05) is 11.1 Å². The van der Waals surface area contributed by atoms with Gasteiger partial charge in [-0.1, -0.05) is 19.9 Å². The van der Waals surface area contributed by atoms with Crippen LogP contribution >= 0.6 is 0 Å². The molecule has 0 saturated heterocycles. The number of anilines is 3. The van der Waals surface area contributed by atoms with Gasteiger partial charge in [0.1, 0.15) is 17.8 Å². The average molecular weight is 335 g/mol. The molecule has 3 aromatic rings. The van der Waals surface area contributed by atoms with Gasteiger partial charge in [0.05, 0.1) is 23.1 Å². The number of fused-ring (bicyclic) bond motifs is 1. The fraction of sp³-hybridized carbons (Fsp3) is 0.188. The van der Waals surface area contributed by atoms with E-state index in [9.17, 15) is 13.2 Å². The molecule has 24 heavy (non-hydrogen) atoms. The van der Waals surface area contributed by atoms with Gasteiger partial charge in [0.2, 0.25) is 0 Å². The summed E-state index contributed by atoms with van der Waals surface area (Å²) in [6.07, 6.45) is -2.03. The van der Waals surface area contributed by atoms with Crippen molar-refractivity contribution in [2.24, 2.45) is 0 Å². The van der Waals surface area contributed by atoms with E-state index >= 15 is 0 Å². The summed E-state index contributed by atoms with van der Waals surface area (Å²) in [4.78, 5) is 11.6. The highest BCUT2D eigenvalue weighted by Crippen LogP contribution is 2.29. The van der Waals surface area contributed by atoms with Gasteiger partial charge in [-0.3, -0.25) is 0 Å². The predicted octanol–water partition coefficient (Wildman–Crippen LogP) is 4.40. The Morgan fingerprint density at radius 2 is 1.75 bits per heavy atom. The molecule has 3 N–H and O–H groups in total. The molecule has 0 saturated carbocycles. The SMILES string of the molecule is CC.Nc1cccc2c(Nc3ccc(C(F)(F)F)nc3)ncnc12. The molecule has 0 radical (unpaired) electrons. The second kappa shape index (κ2) is 7.12. The second-order valence-electron chi connectivity index (χ2n) is 4.52. The van der Waals surface area contributed by atoms with Crippen molar-refractivity contribution in [3.63, 3.8) is 0 Å². The van der Waals surface area contributed by atoms with E-state index in [0.29, 0.717) is 28.1 Å². The number of rotatable bonds is 2. The summed E-state index contributed by atoms with van der Waals surface area (Å²) in [5.74, 6) is 0.443. The summed E-state index contributed by atoms with van der Waals surface area (Å²) in [5.41, 5.74) is 6.33. The van der Waals surface area contributed by atoms with E-state index in [1.54, 1.807) is 18.2 Å². The lowest BCUT2D eigenvalue weighted by atomic mass is 10.2. The molecule has 0 spiro atoms. The maximum atomic E-state index is 12.5. The highest BCUT2D eigenvalue weighted by atomic mass is 19.4. The Morgan fingerprint density at radius 1 is 1.00 bits per heavy atom. The van der Waals surface area contributed by atoms with Crippen LogP contribution in [0.15, 0.2) is 42.9 Å². The molecule has 0 fully saturated rings. The first-order valence-corrected chi connectivity index (χ1v) is 7.24. The number of nitrogen functional groups attached to an aromatic ring is 1. The standard InChI is InChI=1S/C14H10F3N5.C2H6/c15-14(16,17)11-5-4-8(6-19-11)22-13-9-2-1-3-10(18)12(9)20-7-21-13;1-2/h1-7H,18H2,(H,20,21,22);1-2H3. The van der Waals surface area contributed by atoms with Crippen LogP contribution in [0.3, 0.4) is 0 Å². The molecule has 0 atom stereocenters. The predicted molar refractivity (Wildman–Crippen MR) is 87.8 cm³/mol. The first-order valence-electron chi connectivity index (χ1n) is 7.24. The van der Waals surface area contributed by atoms with Gasteiger partial charge < -0.3 is 11.1 Å². The van der Waals surface area contributed by atoms with E-state index in [1.165, 1.54) is 12.4 Å². The second-order valence-corrected chi connectivity index (χ2v) is 4.52. The Morgan fingerprint density at radius 3 is 2.38 bits per heavy atom. The number of nitrogens with one attached hydrogen (secondary N) is 1. The summed E-state index contributed by atoms with van der Waals surface area (Å²) in [7, 11) is 0. The van der Waals surface area contributed by atoms with Crippen molar-refractivity contribution < 1.29 is 13.2 Å². The van der Waals surface area contributed by atoms with Crippen molar-refractivity contribution in [2.45, 2.75) is 20.0 Å². The monoisotopic (exact) mass is 335 g/mol. The zero-order valence-corrected chi connectivity index (χ0v) is 13.1. The summed E-state index contributed by atoms with van der Waals surface area (Å²) in [5, 5.41) is 3.59. The van der Waals surface area contributed by atoms with Crippen molar-refractivity contribution >= 4 is 28.1 Å². The Bertz CT molecular complexity index is 816. The maximum Gasteiger partial charge on any atom is 0.433 e. The van der Waals surface area contributed by atoms with E-state index in [4.69, 9.17) is 5.73 Å². The third-order valence-electron chi connectivity index (χ3n) is 3.01. The number of nitrogens with zero attached hydrogens (tertiary/aromatic N) is 3. The summed E-state index contributed by atoms with van der Waals surface area (Å²) in [6, 6.07) is 7.41. The van der Waals surface area contributed by atoms with Crippen molar-refractivity contribution in [1.82, 2.24) is 15.0 Å². The number of aromatic nitrogens is 3. The van der Waals surface area contributed by atoms with Crippen LogP contribution in [0.5, 0.6) is 0 Å². The summed E-state index contributed by atoms with van der Waals surface area (Å²) in [6.45, 7) is 4.00. The summed E-state index contributed by atoms with van der Waals surface area (Å²) < 4.78 is 37.4. The number of para-hydroxylation sites is 1. The Balaban J connectivity index is 0.00000100. The van der Waals surface area contributed by atoms with Crippen LogP contribution in [0.2, 0.25) is 0 Å². The van der Waals surface area contributed by atoms with Crippen LogP contribution in [-0.4, -0.2) is 15.0 Å². The van der Waals surface area contributed by atoms with Gasteiger partial charge in [-0.2, -0.15) is 13.2 Å². The van der Waals surface area contributed by atoms with Gasteiger partial charge in [0, 0.05) is 5.39 Å². The van der Waals surface area contributed by atoms with Crippen LogP contribution < -0.4 is 11.1 Å². The Kier molecular flexibility index (Phi) is 5.18. The molecular formula is C16H16F3N5. The third-order valence-corrected chi connectivity index (χ3v) is 3.01. The molecule has 3 rings (SSSR count). The molecule has 0 bridgehead atoms. The third kappa shape index (κ3) is 3.70. The van der Waals surface area contributed by atoms with Gasteiger partial charge >= 0.3 is 6.18 Å². The lowest BCUT2D eigenvalue weighted by molar-refractivity contribution is -0.141. The minimum Gasteiger partial charge on any atom is -0.397 e. The number of halogens is 3. The van der Waals surface area contributed by atoms with Gasteiger partial charge in [0.25, 0.3) is 0 Å². The molecule has 0 aliphatic rings. The maximum absolute atomic E-state index is 12.5. The highest BCUT2D eigenvalue weighted by Gasteiger charge is 2.32. The van der Waals surface area contributed by atoms with E-state index in [1.807, 2.05) is 13.8 Å². The normalized spacial score (nSPS) is 10.9. The lowest BCUT2D eigenvalue weighted by Crippen LogP contribution is -2.07. The molecule has 126 valence electrons. The first kappa shape index (κ1) is 17.5. The molecule has 2 heterocycles. The van der Waals surface area contributed by atoms with Crippen LogP contribution in [0.4, 0.5) is 30.4 Å². The van der Waals surface area contributed by atoms with Crippen molar-refractivity contribution in [3.8, 4) is 0 Å². The molecule has 0 amide bonds. The molecular weight excluding hydrogens is 319 g/mol. The number of hydrogen-bond acceptors (Lipinski definition) is 5. The highest BCUT2D eigenvalue weighted by molar-refractivity contribution is 5.97. The fourth-order valence-corrected chi connectivity index (χ4v) is 1.98. The minimum atomic E-state index is -4.46. The zero-order valence-electron chi connectivity index (χ0n) is 13.1. The Labute approximate surface area is 136 Å². The van der Waals surface area contributed by atoms with Gasteiger partial charge in [-0.05, 0) is 24.3 Å². The van der Waals surface area contributed by atoms with E-state index in [-0.39, 0.29) is 0 Å². The number of hydrogen-bond donors (Lipinski definition) is 2. The first-order chi connectivity index (χ1) is 11.4. The smallest absolute Gasteiger partial charge is 0.397 e. The largest absolute Gasteiger partial charge is 0.433 e. The lowest BCUT2D eigenvalue weighted by Gasteiger charge is -2.10. The van der Waals surface area contributed by atoms with E-state index in [0.717, 1.165) is 12.3 Å². The van der Waals surface area contributed by atoms with Crippen LogP contribution in [0.1, 0.15) is 19.5 Å². The van der Waals surface area contributed by atoms with E-state index in [2.05, 4.69) is 20.3 Å². The Hall–Kier alpha value is -2.90. The number of alkyl halides is 3. The molecule has 5 nitrogen and oxygen atoms in total. The molecule has 8 heteroatoms. The minimum absolute atomic E-state index is 0.385. The number of pyridine rings is 1. The van der Waals surface area contributed by atoms with Gasteiger partial charge in [-0.15, -0.1) is 0 Å². The quantitative estimate of drug-likeness (QED) is 0.679. The molecule has 1 aromatic carbocycles. The van der Waals surface area contributed by atoms with Crippen molar-refractivity contribution in [3.05, 3.63) is 48.5 Å². The van der Waals surface area contributed by atoms with E-state index < -0.39 is 11.9 Å². The average Bonchev–Trinajstić information content (AvgIpc) is 2.57.